The van der Waals surface area contributed by atoms with E-state index in [1.807, 2.05) is 41.3 Å². The topological polar surface area (TPSA) is 110 Å². The molecule has 7 nitrogen and oxygen atoms in total. The molecule has 2 aromatic heterocycles. The summed E-state index contributed by atoms with van der Waals surface area (Å²) in [5.41, 5.74) is 1.36. The van der Waals surface area contributed by atoms with Crippen molar-refractivity contribution in [3.05, 3.63) is 46.9 Å². The Bertz CT molecular complexity index is 1120. The fourth-order valence-corrected chi connectivity index (χ4v) is 4.42. The number of aromatic amines is 1. The van der Waals surface area contributed by atoms with Gasteiger partial charge in [-0.05, 0) is 49.4 Å². The van der Waals surface area contributed by atoms with Crippen LogP contribution in [0.3, 0.4) is 0 Å². The highest BCUT2D eigenvalue weighted by Gasteiger charge is 2.29. The average Bonchev–Trinajstić information content (AvgIpc) is 3.08. The molecule has 3 aromatic rings. The lowest BCUT2D eigenvalue weighted by molar-refractivity contribution is 0.277. The number of rotatable bonds is 4. The number of pyridine rings is 1. The molecule has 0 amide bonds. The van der Waals surface area contributed by atoms with Gasteiger partial charge in [-0.2, -0.15) is 10.4 Å². The van der Waals surface area contributed by atoms with E-state index in [1.54, 1.807) is 6.20 Å². The number of H-pyrrole nitrogens is 1. The van der Waals surface area contributed by atoms with Crippen molar-refractivity contribution in [1.29, 1.82) is 10.0 Å². The van der Waals surface area contributed by atoms with Gasteiger partial charge in [0.2, 0.25) is 0 Å². The zero-order valence-electron chi connectivity index (χ0n) is 15.6. The molecule has 1 fully saturated rings. The summed E-state index contributed by atoms with van der Waals surface area (Å²) in [5.74, 6) is 0.399. The van der Waals surface area contributed by atoms with E-state index in [9.17, 15) is 10.1 Å². The molecule has 28 heavy (non-hydrogen) atoms. The lowest BCUT2D eigenvalue weighted by Crippen LogP contribution is -2.23. The minimum absolute atomic E-state index is 0.0219. The molecule has 0 spiro atoms. The normalized spacial score (nSPS) is 20.6. The van der Waals surface area contributed by atoms with Crippen molar-refractivity contribution in [2.24, 2.45) is 5.92 Å². The largest absolute Gasteiger partial charge is 0.338 e. The number of benzene rings is 1. The molecular weight excluding hydrogens is 372 g/mol. The van der Waals surface area contributed by atoms with Crippen LogP contribution in [0.1, 0.15) is 31.7 Å². The molecule has 144 valence electrons. The lowest BCUT2D eigenvalue weighted by atomic mass is 9.85. The Kier molecular flexibility index (Phi) is 5.01. The van der Waals surface area contributed by atoms with Gasteiger partial charge in [0.1, 0.15) is 5.39 Å². The summed E-state index contributed by atoms with van der Waals surface area (Å²) in [6.07, 6.45) is 7.35. The molecule has 2 heterocycles. The van der Waals surface area contributed by atoms with Crippen LogP contribution in [0, 0.1) is 22.0 Å². The first-order chi connectivity index (χ1) is 13.6. The predicted octanol–water partition coefficient (Wildman–Crippen LogP) is 4.09. The molecule has 4 rings (SSSR count). The summed E-state index contributed by atoms with van der Waals surface area (Å²) >= 11 is 0. The fourth-order valence-electron chi connectivity index (χ4n) is 3.87. The van der Waals surface area contributed by atoms with Crippen molar-refractivity contribution < 1.29 is 0 Å². The van der Waals surface area contributed by atoms with Crippen molar-refractivity contribution in [1.82, 2.24) is 14.8 Å². The molecule has 8 heteroatoms. The molecule has 1 aliphatic carbocycles. The van der Waals surface area contributed by atoms with Crippen molar-refractivity contribution in [2.45, 2.75) is 36.6 Å². The second kappa shape index (κ2) is 7.60. The molecule has 0 aliphatic heterocycles. The van der Waals surface area contributed by atoms with Crippen LogP contribution in [0.25, 0.3) is 10.9 Å². The molecule has 3 N–H and O–H groups in total. The summed E-state index contributed by atoms with van der Waals surface area (Å²) in [6, 6.07) is 11.9. The third kappa shape index (κ3) is 3.34. The van der Waals surface area contributed by atoms with Crippen LogP contribution >= 0.6 is 0 Å². The monoisotopic (exact) mass is 394 g/mol. The van der Waals surface area contributed by atoms with Crippen molar-refractivity contribution in [3.63, 3.8) is 0 Å². The SMILES string of the molecule is CS(=N)c1ccc(Nc2nn([C@H]3CCCCC3C#N)c3cc[nH]c(=O)c23)cc1. The average molecular weight is 395 g/mol. The molecule has 0 radical (unpaired) electrons. The summed E-state index contributed by atoms with van der Waals surface area (Å²) in [4.78, 5) is 16.2. The van der Waals surface area contributed by atoms with E-state index in [0.29, 0.717) is 11.2 Å². The molecule has 0 bridgehead atoms. The van der Waals surface area contributed by atoms with E-state index in [1.165, 1.54) is 0 Å². The minimum atomic E-state index is -0.547. The first-order valence-corrected chi connectivity index (χ1v) is 11.0. The van der Waals surface area contributed by atoms with Gasteiger partial charge in [-0.1, -0.05) is 23.5 Å². The van der Waals surface area contributed by atoms with E-state index in [0.717, 1.165) is 41.8 Å². The highest BCUT2D eigenvalue weighted by molar-refractivity contribution is 7.85. The number of fused-ring (bicyclic) bond motifs is 1. The van der Waals surface area contributed by atoms with Gasteiger partial charge in [-0.3, -0.25) is 14.3 Å². The molecule has 2 unspecified atom stereocenters. The summed E-state index contributed by atoms with van der Waals surface area (Å²) in [6.45, 7) is 0. The highest BCUT2D eigenvalue weighted by Crippen LogP contribution is 2.36. The number of nitrogens with one attached hydrogen (secondary N) is 3. The van der Waals surface area contributed by atoms with Gasteiger partial charge >= 0.3 is 0 Å². The first-order valence-electron chi connectivity index (χ1n) is 9.32. The van der Waals surface area contributed by atoms with E-state index >= 15 is 0 Å². The Labute approximate surface area is 165 Å². The fraction of sp³-hybridized carbons (Fsp3) is 0.350. The van der Waals surface area contributed by atoms with Gasteiger partial charge in [0.05, 0.1) is 23.5 Å². The molecule has 1 saturated carbocycles. The molecule has 0 saturated heterocycles. The van der Waals surface area contributed by atoms with E-state index in [2.05, 4.69) is 16.4 Å². The van der Waals surface area contributed by atoms with Gasteiger partial charge in [0, 0.05) is 16.8 Å². The van der Waals surface area contributed by atoms with E-state index < -0.39 is 10.7 Å². The standard InChI is InChI=1S/C20H22N6OS/c1-28(22)15-8-6-14(7-9-15)24-19-18-17(10-11-23-20(18)27)26(25-19)16-5-3-2-4-13(16)12-21/h6-11,13,16,22H,2-5H2,1H3,(H,23,27)(H,24,25)/t13?,16-,28?/m0/s1. The van der Waals surface area contributed by atoms with E-state index in [-0.39, 0.29) is 17.5 Å². The van der Waals surface area contributed by atoms with Crippen LogP contribution in [-0.2, 0) is 10.7 Å². The zero-order valence-corrected chi connectivity index (χ0v) is 16.4. The summed E-state index contributed by atoms with van der Waals surface area (Å²) < 4.78 is 9.68. The van der Waals surface area contributed by atoms with Gasteiger partial charge in [-0.15, -0.1) is 0 Å². The maximum atomic E-state index is 12.5. The van der Waals surface area contributed by atoms with Crippen LogP contribution in [0.5, 0.6) is 0 Å². The Balaban J connectivity index is 1.77. The number of hydrogen-bond donors (Lipinski definition) is 3. The molecule has 3 atom stereocenters. The molecule has 1 aliphatic rings. The quantitative estimate of drug-likeness (QED) is 0.619. The second-order valence-corrected chi connectivity index (χ2v) is 8.60. The maximum absolute atomic E-state index is 12.5. The van der Waals surface area contributed by atoms with E-state index in [4.69, 9.17) is 9.88 Å². The van der Waals surface area contributed by atoms with Crippen molar-refractivity contribution >= 4 is 33.1 Å². The van der Waals surface area contributed by atoms with Crippen molar-refractivity contribution in [3.8, 4) is 6.07 Å². The third-order valence-electron chi connectivity index (χ3n) is 5.31. The number of anilines is 2. The van der Waals surface area contributed by atoms with Gasteiger partial charge < -0.3 is 10.3 Å². The number of hydrogen-bond acceptors (Lipinski definition) is 5. The van der Waals surface area contributed by atoms with Crippen LogP contribution in [-0.4, -0.2) is 21.0 Å². The number of nitriles is 1. The highest BCUT2D eigenvalue weighted by atomic mass is 32.2. The molecule has 1 aromatic carbocycles. The van der Waals surface area contributed by atoms with Gasteiger partial charge in [0.15, 0.2) is 5.82 Å². The maximum Gasteiger partial charge on any atom is 0.261 e. The predicted molar refractivity (Wildman–Crippen MR) is 111 cm³/mol. The Morgan fingerprint density at radius 3 is 2.75 bits per heavy atom. The summed E-state index contributed by atoms with van der Waals surface area (Å²) in [5, 5.41) is 18.1. The van der Waals surface area contributed by atoms with Gasteiger partial charge in [-0.25, -0.2) is 0 Å². The number of nitrogens with zero attached hydrogens (tertiary/aromatic N) is 3. The Morgan fingerprint density at radius 2 is 2.04 bits per heavy atom. The first kappa shape index (κ1) is 18.4. The summed E-state index contributed by atoms with van der Waals surface area (Å²) in [7, 11) is -0.547. The van der Waals surface area contributed by atoms with Crippen LogP contribution in [0.15, 0.2) is 46.2 Å². The third-order valence-corrected chi connectivity index (χ3v) is 6.29. The lowest BCUT2D eigenvalue weighted by Gasteiger charge is -2.27. The van der Waals surface area contributed by atoms with Crippen LogP contribution in [0.4, 0.5) is 11.5 Å². The Morgan fingerprint density at radius 1 is 1.29 bits per heavy atom. The van der Waals surface area contributed by atoms with Crippen molar-refractivity contribution in [2.75, 3.05) is 11.6 Å². The van der Waals surface area contributed by atoms with Crippen LogP contribution < -0.4 is 10.9 Å². The minimum Gasteiger partial charge on any atom is -0.338 e. The Hall–Kier alpha value is -2.92. The zero-order chi connectivity index (χ0) is 19.7. The number of aromatic nitrogens is 3. The van der Waals surface area contributed by atoms with Crippen LogP contribution in [0.2, 0.25) is 0 Å². The smallest absolute Gasteiger partial charge is 0.261 e. The second-order valence-electron chi connectivity index (χ2n) is 7.11. The molecular formula is C20H22N6OS. The van der Waals surface area contributed by atoms with Gasteiger partial charge in [0.25, 0.3) is 5.56 Å².